The zero-order valence-electron chi connectivity index (χ0n) is 7.88. The molecular formula is C10H7BrFNO2. The Hall–Kier alpha value is -1.41. The maximum Gasteiger partial charge on any atom is 0.341 e. The van der Waals surface area contributed by atoms with E-state index in [4.69, 9.17) is 5.26 Å². The number of carbonyl (C=O) groups is 1. The lowest BCUT2D eigenvalue weighted by molar-refractivity contribution is 0.0594. The second-order valence-electron chi connectivity index (χ2n) is 2.73. The van der Waals surface area contributed by atoms with Crippen LogP contribution in [-0.2, 0) is 10.1 Å². The number of hydrogen-bond acceptors (Lipinski definition) is 3. The molecule has 3 nitrogen and oxygen atoms in total. The van der Waals surface area contributed by atoms with Gasteiger partial charge in [0.1, 0.15) is 5.82 Å². The summed E-state index contributed by atoms with van der Waals surface area (Å²) in [5.74, 6) is -1.48. The number of nitriles is 1. The molecule has 0 saturated heterocycles. The Balaban J connectivity index is 3.39. The van der Waals surface area contributed by atoms with Crippen LogP contribution in [0.4, 0.5) is 4.39 Å². The Morgan fingerprint density at radius 1 is 1.67 bits per heavy atom. The van der Waals surface area contributed by atoms with Crippen molar-refractivity contribution in [1.29, 1.82) is 5.26 Å². The van der Waals surface area contributed by atoms with Gasteiger partial charge in [0.15, 0.2) is 0 Å². The van der Waals surface area contributed by atoms with Crippen LogP contribution in [0.15, 0.2) is 12.1 Å². The number of esters is 1. The van der Waals surface area contributed by atoms with E-state index in [-0.39, 0.29) is 16.5 Å². The van der Waals surface area contributed by atoms with Gasteiger partial charge in [-0.1, -0.05) is 15.9 Å². The maximum absolute atomic E-state index is 13.4. The monoisotopic (exact) mass is 271 g/mol. The number of nitrogens with zero attached hydrogens (tertiary/aromatic N) is 1. The molecule has 15 heavy (non-hydrogen) atoms. The van der Waals surface area contributed by atoms with Crippen LogP contribution in [0.25, 0.3) is 0 Å². The van der Waals surface area contributed by atoms with Crippen LogP contribution in [0.2, 0.25) is 0 Å². The summed E-state index contributed by atoms with van der Waals surface area (Å²) >= 11 is 3.12. The lowest BCUT2D eigenvalue weighted by atomic mass is 10.0. The molecule has 1 aromatic carbocycles. The number of benzene rings is 1. The minimum Gasteiger partial charge on any atom is -0.465 e. The zero-order valence-corrected chi connectivity index (χ0v) is 9.47. The average Bonchev–Trinajstić information content (AvgIpc) is 2.26. The highest BCUT2D eigenvalue weighted by Crippen LogP contribution is 2.19. The van der Waals surface area contributed by atoms with Crippen LogP contribution >= 0.6 is 15.9 Å². The summed E-state index contributed by atoms with van der Waals surface area (Å²) < 4.78 is 17.9. The Morgan fingerprint density at radius 3 is 2.80 bits per heavy atom. The van der Waals surface area contributed by atoms with E-state index in [2.05, 4.69) is 20.7 Å². The first-order valence-electron chi connectivity index (χ1n) is 4.00. The van der Waals surface area contributed by atoms with Crippen LogP contribution in [0, 0.1) is 17.1 Å². The number of halogens is 2. The molecule has 0 heterocycles. The Bertz CT molecular complexity index is 440. The molecule has 0 bridgehead atoms. The Labute approximate surface area is 94.6 Å². The van der Waals surface area contributed by atoms with E-state index in [0.717, 1.165) is 6.07 Å². The molecule has 1 aromatic rings. The second-order valence-corrected chi connectivity index (χ2v) is 3.29. The van der Waals surface area contributed by atoms with E-state index in [1.54, 1.807) is 0 Å². The SMILES string of the molecule is COC(=O)c1c(F)cc(C#N)cc1CBr. The van der Waals surface area contributed by atoms with Gasteiger partial charge in [-0.25, -0.2) is 9.18 Å². The minimum atomic E-state index is -0.744. The third-order valence-corrected chi connectivity index (χ3v) is 2.44. The summed E-state index contributed by atoms with van der Waals surface area (Å²) in [7, 11) is 1.18. The van der Waals surface area contributed by atoms with Crippen molar-refractivity contribution in [1.82, 2.24) is 0 Å². The number of carbonyl (C=O) groups excluding carboxylic acids is 1. The van der Waals surface area contributed by atoms with Crippen molar-refractivity contribution in [3.63, 3.8) is 0 Å². The standard InChI is InChI=1S/C10H7BrFNO2/c1-15-10(14)9-7(4-11)2-6(5-13)3-8(9)12/h2-3H,4H2,1H3. The summed E-state index contributed by atoms with van der Waals surface area (Å²) in [6.07, 6.45) is 0. The number of alkyl halides is 1. The molecule has 0 spiro atoms. The Kier molecular flexibility index (Phi) is 3.81. The fourth-order valence-corrected chi connectivity index (χ4v) is 1.61. The van der Waals surface area contributed by atoms with Crippen LogP contribution in [0.3, 0.4) is 0 Å². The highest BCUT2D eigenvalue weighted by Gasteiger charge is 2.18. The van der Waals surface area contributed by atoms with E-state index in [1.807, 2.05) is 6.07 Å². The van der Waals surface area contributed by atoms with Gasteiger partial charge in [0, 0.05) is 5.33 Å². The summed E-state index contributed by atoms with van der Waals surface area (Å²) in [5.41, 5.74) is 0.446. The predicted octanol–water partition coefficient (Wildman–Crippen LogP) is 2.38. The van der Waals surface area contributed by atoms with Gasteiger partial charge in [0.2, 0.25) is 0 Å². The smallest absolute Gasteiger partial charge is 0.341 e. The maximum atomic E-state index is 13.4. The molecule has 0 aromatic heterocycles. The normalized spacial score (nSPS) is 9.47. The lowest BCUT2D eigenvalue weighted by Gasteiger charge is -2.06. The minimum absolute atomic E-state index is 0.131. The van der Waals surface area contributed by atoms with Crippen LogP contribution in [0.1, 0.15) is 21.5 Å². The van der Waals surface area contributed by atoms with E-state index < -0.39 is 11.8 Å². The molecule has 0 aliphatic carbocycles. The van der Waals surface area contributed by atoms with E-state index >= 15 is 0 Å². The van der Waals surface area contributed by atoms with Crippen molar-refractivity contribution >= 4 is 21.9 Å². The summed E-state index contributed by atoms with van der Waals surface area (Å²) in [4.78, 5) is 11.2. The number of ether oxygens (including phenoxy) is 1. The number of rotatable bonds is 2. The molecule has 0 amide bonds. The van der Waals surface area contributed by atoms with E-state index in [9.17, 15) is 9.18 Å². The van der Waals surface area contributed by atoms with Gasteiger partial charge in [-0.2, -0.15) is 5.26 Å². The first-order chi connectivity index (χ1) is 7.13. The highest BCUT2D eigenvalue weighted by molar-refractivity contribution is 9.08. The van der Waals surface area contributed by atoms with Crippen molar-refractivity contribution in [2.24, 2.45) is 0 Å². The highest BCUT2D eigenvalue weighted by atomic mass is 79.9. The summed E-state index contributed by atoms with van der Waals surface area (Å²) in [6.45, 7) is 0. The summed E-state index contributed by atoms with van der Waals surface area (Å²) in [5, 5.41) is 8.90. The molecule has 0 atom stereocenters. The molecular weight excluding hydrogens is 265 g/mol. The van der Waals surface area contributed by atoms with Crippen molar-refractivity contribution in [2.45, 2.75) is 5.33 Å². The van der Waals surface area contributed by atoms with Crippen LogP contribution in [0.5, 0.6) is 0 Å². The first kappa shape index (κ1) is 11.7. The zero-order chi connectivity index (χ0) is 11.4. The van der Waals surface area contributed by atoms with Gasteiger partial charge < -0.3 is 4.74 Å². The van der Waals surface area contributed by atoms with Crippen LogP contribution < -0.4 is 0 Å². The molecule has 0 radical (unpaired) electrons. The number of methoxy groups -OCH3 is 1. The molecule has 5 heteroatoms. The van der Waals surface area contributed by atoms with Crippen LogP contribution in [-0.4, -0.2) is 13.1 Å². The van der Waals surface area contributed by atoms with Gasteiger partial charge in [-0.05, 0) is 17.7 Å². The first-order valence-corrected chi connectivity index (χ1v) is 5.13. The third-order valence-electron chi connectivity index (χ3n) is 1.83. The van der Waals surface area contributed by atoms with Gasteiger partial charge in [0.05, 0.1) is 24.3 Å². The van der Waals surface area contributed by atoms with E-state index in [1.165, 1.54) is 13.2 Å². The fraction of sp³-hybridized carbons (Fsp3) is 0.200. The molecule has 1 rings (SSSR count). The number of hydrogen-bond donors (Lipinski definition) is 0. The lowest BCUT2D eigenvalue weighted by Crippen LogP contribution is -2.08. The third kappa shape index (κ3) is 2.34. The molecule has 0 fully saturated rings. The van der Waals surface area contributed by atoms with Gasteiger partial charge in [-0.15, -0.1) is 0 Å². The van der Waals surface area contributed by atoms with Gasteiger partial charge in [0.25, 0.3) is 0 Å². The molecule has 0 unspecified atom stereocenters. The molecule has 0 N–H and O–H groups in total. The topological polar surface area (TPSA) is 50.1 Å². The second kappa shape index (κ2) is 4.89. The largest absolute Gasteiger partial charge is 0.465 e. The quantitative estimate of drug-likeness (QED) is 0.613. The molecule has 78 valence electrons. The molecule has 0 saturated carbocycles. The Morgan fingerprint density at radius 2 is 2.33 bits per heavy atom. The predicted molar refractivity (Wildman–Crippen MR) is 55.1 cm³/mol. The summed E-state index contributed by atoms with van der Waals surface area (Å²) in [6, 6.07) is 4.27. The van der Waals surface area contributed by atoms with Crippen molar-refractivity contribution in [3.8, 4) is 6.07 Å². The van der Waals surface area contributed by atoms with Gasteiger partial charge in [-0.3, -0.25) is 0 Å². The van der Waals surface area contributed by atoms with Crippen molar-refractivity contribution < 1.29 is 13.9 Å². The molecule has 0 aliphatic rings. The fourth-order valence-electron chi connectivity index (χ4n) is 1.16. The van der Waals surface area contributed by atoms with E-state index in [0.29, 0.717) is 5.56 Å². The average molecular weight is 272 g/mol. The van der Waals surface area contributed by atoms with Gasteiger partial charge >= 0.3 is 5.97 Å². The van der Waals surface area contributed by atoms with Crippen molar-refractivity contribution in [3.05, 3.63) is 34.6 Å². The van der Waals surface area contributed by atoms with Crippen molar-refractivity contribution in [2.75, 3.05) is 7.11 Å². The molecule has 0 aliphatic heterocycles.